The SMILES string of the molecule is COc1cccc(NC2CCc3c(sc4ncn(Cc5ccc6ccccc6c5)c(=O)c34)C2)c1. The van der Waals surface area contributed by atoms with Gasteiger partial charge in [0.1, 0.15) is 10.6 Å². The fourth-order valence-corrected chi connectivity index (χ4v) is 6.18. The van der Waals surface area contributed by atoms with E-state index in [2.05, 4.69) is 46.7 Å². The molecule has 1 aliphatic carbocycles. The fraction of sp³-hybridized carbons (Fsp3) is 0.214. The van der Waals surface area contributed by atoms with Crippen LogP contribution in [0, 0.1) is 0 Å². The molecule has 5 nitrogen and oxygen atoms in total. The van der Waals surface area contributed by atoms with Crippen molar-refractivity contribution >= 4 is 38.0 Å². The van der Waals surface area contributed by atoms with E-state index in [4.69, 9.17) is 4.74 Å². The van der Waals surface area contributed by atoms with Crippen LogP contribution in [0.4, 0.5) is 5.69 Å². The zero-order chi connectivity index (χ0) is 23.1. The van der Waals surface area contributed by atoms with Crippen LogP contribution in [0.25, 0.3) is 21.0 Å². The molecule has 1 unspecified atom stereocenters. The van der Waals surface area contributed by atoms with Gasteiger partial charge in [-0.25, -0.2) is 4.98 Å². The van der Waals surface area contributed by atoms with E-state index in [0.717, 1.165) is 46.5 Å². The van der Waals surface area contributed by atoms with E-state index >= 15 is 0 Å². The number of thiophene rings is 1. The van der Waals surface area contributed by atoms with Gasteiger partial charge >= 0.3 is 0 Å². The summed E-state index contributed by atoms with van der Waals surface area (Å²) in [6.07, 6.45) is 4.47. The van der Waals surface area contributed by atoms with Crippen molar-refractivity contribution in [1.82, 2.24) is 9.55 Å². The molecule has 5 aromatic rings. The molecule has 0 aliphatic heterocycles. The lowest BCUT2D eigenvalue weighted by atomic mass is 9.93. The van der Waals surface area contributed by atoms with Crippen molar-refractivity contribution in [3.63, 3.8) is 0 Å². The Labute approximate surface area is 201 Å². The summed E-state index contributed by atoms with van der Waals surface area (Å²) in [4.78, 5) is 20.3. The topological polar surface area (TPSA) is 56.1 Å². The first-order valence-electron chi connectivity index (χ1n) is 11.6. The zero-order valence-corrected chi connectivity index (χ0v) is 19.8. The Morgan fingerprint density at radius 1 is 1.09 bits per heavy atom. The Morgan fingerprint density at radius 2 is 1.97 bits per heavy atom. The number of ether oxygens (including phenoxy) is 1. The first-order chi connectivity index (χ1) is 16.7. The molecule has 2 aromatic heterocycles. The number of nitrogens with zero attached hydrogens (tertiary/aromatic N) is 2. The first kappa shape index (κ1) is 20.9. The molecule has 0 spiro atoms. The van der Waals surface area contributed by atoms with Gasteiger partial charge in [-0.15, -0.1) is 11.3 Å². The van der Waals surface area contributed by atoms with Crippen LogP contribution in [0.2, 0.25) is 0 Å². The van der Waals surface area contributed by atoms with Gasteiger partial charge < -0.3 is 10.1 Å². The number of hydrogen-bond acceptors (Lipinski definition) is 5. The molecule has 0 saturated carbocycles. The van der Waals surface area contributed by atoms with Crippen LogP contribution in [0.1, 0.15) is 22.4 Å². The smallest absolute Gasteiger partial charge is 0.262 e. The maximum absolute atomic E-state index is 13.5. The standard InChI is InChI=1S/C28H25N3O2S/c1-33-23-8-4-7-21(14-23)30-22-11-12-24-25(15-22)34-27-26(24)28(32)31(17-29-27)16-18-9-10-19-5-2-3-6-20(19)13-18/h2-10,13-14,17,22,30H,11-12,15-16H2,1H3. The van der Waals surface area contributed by atoms with Crippen molar-refractivity contribution in [3.05, 3.63) is 99.4 Å². The van der Waals surface area contributed by atoms with E-state index in [1.807, 2.05) is 30.3 Å². The van der Waals surface area contributed by atoms with Crippen molar-refractivity contribution in [2.24, 2.45) is 0 Å². The van der Waals surface area contributed by atoms with Crippen LogP contribution in [-0.2, 0) is 19.4 Å². The van der Waals surface area contributed by atoms with E-state index in [1.54, 1.807) is 29.3 Å². The van der Waals surface area contributed by atoms with E-state index in [1.165, 1.54) is 21.2 Å². The Balaban J connectivity index is 1.27. The minimum Gasteiger partial charge on any atom is -0.497 e. The molecule has 1 aliphatic rings. The van der Waals surface area contributed by atoms with Gasteiger partial charge in [0, 0.05) is 29.1 Å². The number of rotatable bonds is 5. The van der Waals surface area contributed by atoms with Crippen LogP contribution in [0.15, 0.2) is 77.9 Å². The minimum atomic E-state index is 0.0647. The number of aromatic nitrogens is 2. The number of fused-ring (bicyclic) bond motifs is 4. The first-order valence-corrected chi connectivity index (χ1v) is 12.4. The highest BCUT2D eigenvalue weighted by Gasteiger charge is 2.25. The molecule has 0 radical (unpaired) electrons. The predicted octanol–water partition coefficient (Wildman–Crippen LogP) is 5.64. The van der Waals surface area contributed by atoms with Crippen LogP contribution in [0.3, 0.4) is 0 Å². The summed E-state index contributed by atoms with van der Waals surface area (Å²) < 4.78 is 7.09. The Kier molecular flexibility index (Phi) is 5.30. The second-order valence-corrected chi connectivity index (χ2v) is 9.94. The second kappa shape index (κ2) is 8.61. The molecule has 1 atom stereocenters. The molecule has 3 aromatic carbocycles. The van der Waals surface area contributed by atoms with Crippen molar-refractivity contribution in [2.75, 3.05) is 12.4 Å². The van der Waals surface area contributed by atoms with Gasteiger partial charge in [0.25, 0.3) is 5.56 Å². The second-order valence-electron chi connectivity index (χ2n) is 8.86. The van der Waals surface area contributed by atoms with Crippen LogP contribution >= 0.6 is 11.3 Å². The molecular weight excluding hydrogens is 442 g/mol. The van der Waals surface area contributed by atoms with Gasteiger partial charge in [-0.1, -0.05) is 42.5 Å². The summed E-state index contributed by atoms with van der Waals surface area (Å²) in [5.74, 6) is 0.847. The van der Waals surface area contributed by atoms with Crippen LogP contribution in [0.5, 0.6) is 5.75 Å². The highest BCUT2D eigenvalue weighted by molar-refractivity contribution is 7.18. The van der Waals surface area contributed by atoms with Gasteiger partial charge in [-0.2, -0.15) is 0 Å². The third kappa shape index (κ3) is 3.84. The number of nitrogens with one attached hydrogen (secondary N) is 1. The Morgan fingerprint density at radius 3 is 2.85 bits per heavy atom. The van der Waals surface area contributed by atoms with Crippen molar-refractivity contribution in [3.8, 4) is 5.75 Å². The maximum atomic E-state index is 13.5. The summed E-state index contributed by atoms with van der Waals surface area (Å²) in [5, 5.41) is 6.84. The summed E-state index contributed by atoms with van der Waals surface area (Å²) >= 11 is 1.66. The zero-order valence-electron chi connectivity index (χ0n) is 19.0. The maximum Gasteiger partial charge on any atom is 0.262 e. The molecule has 1 N–H and O–H groups in total. The molecule has 0 saturated heterocycles. The molecule has 0 amide bonds. The molecule has 6 rings (SSSR count). The number of benzene rings is 3. The number of methoxy groups -OCH3 is 1. The van der Waals surface area contributed by atoms with E-state index in [-0.39, 0.29) is 5.56 Å². The normalized spacial score (nSPS) is 15.4. The minimum absolute atomic E-state index is 0.0647. The molecular formula is C28H25N3O2S. The Hall–Kier alpha value is -3.64. The van der Waals surface area contributed by atoms with Gasteiger partial charge in [0.05, 0.1) is 25.4 Å². The molecule has 2 heterocycles. The quantitative estimate of drug-likeness (QED) is 0.364. The van der Waals surface area contributed by atoms with Gasteiger partial charge in [-0.3, -0.25) is 9.36 Å². The molecule has 0 fully saturated rings. The van der Waals surface area contributed by atoms with Crippen LogP contribution in [-0.4, -0.2) is 22.7 Å². The number of hydrogen-bond donors (Lipinski definition) is 1. The largest absolute Gasteiger partial charge is 0.497 e. The molecule has 34 heavy (non-hydrogen) atoms. The van der Waals surface area contributed by atoms with E-state index in [9.17, 15) is 4.79 Å². The number of anilines is 1. The van der Waals surface area contributed by atoms with Gasteiger partial charge in [-0.05, 0) is 52.9 Å². The average Bonchev–Trinajstić information content (AvgIpc) is 3.24. The molecule has 170 valence electrons. The summed E-state index contributed by atoms with van der Waals surface area (Å²) in [5.41, 5.74) is 3.42. The molecule has 0 bridgehead atoms. The lowest BCUT2D eigenvalue weighted by Gasteiger charge is -2.24. The van der Waals surface area contributed by atoms with Crippen LogP contribution < -0.4 is 15.6 Å². The third-order valence-electron chi connectivity index (χ3n) is 6.64. The monoisotopic (exact) mass is 467 g/mol. The highest BCUT2D eigenvalue weighted by Crippen LogP contribution is 2.35. The third-order valence-corrected chi connectivity index (χ3v) is 7.81. The summed E-state index contributed by atoms with van der Waals surface area (Å²) in [6.45, 7) is 0.525. The van der Waals surface area contributed by atoms with Gasteiger partial charge in [0.2, 0.25) is 0 Å². The van der Waals surface area contributed by atoms with Crippen molar-refractivity contribution in [1.29, 1.82) is 0 Å². The van der Waals surface area contributed by atoms with E-state index in [0.29, 0.717) is 12.6 Å². The summed E-state index contributed by atoms with van der Waals surface area (Å²) in [7, 11) is 1.68. The Bertz CT molecular complexity index is 1570. The van der Waals surface area contributed by atoms with E-state index < -0.39 is 0 Å². The average molecular weight is 468 g/mol. The molecule has 6 heteroatoms. The number of aryl methyl sites for hydroxylation is 1. The fourth-order valence-electron chi connectivity index (χ4n) is 4.92. The lowest BCUT2D eigenvalue weighted by molar-refractivity contribution is 0.415. The summed E-state index contributed by atoms with van der Waals surface area (Å²) in [6, 6.07) is 23.0. The highest BCUT2D eigenvalue weighted by atomic mass is 32.1. The van der Waals surface area contributed by atoms with Gasteiger partial charge in [0.15, 0.2) is 0 Å². The van der Waals surface area contributed by atoms with Crippen molar-refractivity contribution in [2.45, 2.75) is 31.8 Å². The predicted molar refractivity (Wildman–Crippen MR) is 139 cm³/mol. The van der Waals surface area contributed by atoms with Crippen molar-refractivity contribution < 1.29 is 4.74 Å². The lowest BCUT2D eigenvalue weighted by Crippen LogP contribution is -2.27.